The molecule has 1 aliphatic rings. The van der Waals surface area contributed by atoms with E-state index in [-0.39, 0.29) is 12.2 Å². The Balaban J connectivity index is 2.10. The smallest absolute Gasteiger partial charge is 0.410 e. The molecule has 0 aromatic carbocycles. The number of hydrogen-bond acceptors (Lipinski definition) is 3. The minimum atomic E-state index is -0.262. The number of unbranched alkanes of at least 4 members (excludes halogenated alkanes) is 2. The third kappa shape index (κ3) is 4.23. The minimum absolute atomic E-state index is 0.117. The summed E-state index contributed by atoms with van der Waals surface area (Å²) < 4.78 is 10.6. The van der Waals surface area contributed by atoms with Crippen LogP contribution >= 0.6 is 0 Å². The molecule has 0 saturated carbocycles. The Labute approximate surface area is 97.2 Å². The van der Waals surface area contributed by atoms with Crippen LogP contribution < -0.4 is 0 Å². The van der Waals surface area contributed by atoms with Gasteiger partial charge in [-0.3, -0.25) is 0 Å². The first-order chi connectivity index (χ1) is 7.77. The molecule has 1 atom stereocenters. The molecule has 4 heteroatoms. The molecular weight excluding hydrogens is 206 g/mol. The van der Waals surface area contributed by atoms with Gasteiger partial charge < -0.3 is 14.4 Å². The standard InChI is InChI=1S/C12H21NO3/c1-3-5-6-8-15-10-11-9-13(7-4-2)12(14)16-11/h4,11H,2-3,5-10H2,1H3/t11-/m1/s1. The first-order valence-electron chi connectivity index (χ1n) is 5.92. The van der Waals surface area contributed by atoms with Crippen LogP contribution in [0, 0.1) is 0 Å². The molecule has 1 amide bonds. The van der Waals surface area contributed by atoms with Crippen LogP contribution in [0.5, 0.6) is 0 Å². The van der Waals surface area contributed by atoms with Crippen molar-refractivity contribution in [3.05, 3.63) is 12.7 Å². The first-order valence-corrected chi connectivity index (χ1v) is 5.92. The topological polar surface area (TPSA) is 38.8 Å². The lowest BCUT2D eigenvalue weighted by molar-refractivity contribution is 0.0445. The average Bonchev–Trinajstić information content (AvgIpc) is 2.60. The monoisotopic (exact) mass is 227 g/mol. The van der Waals surface area contributed by atoms with E-state index in [0.717, 1.165) is 13.0 Å². The number of hydrogen-bond donors (Lipinski definition) is 0. The molecular formula is C12H21NO3. The maximum atomic E-state index is 11.3. The molecule has 1 aliphatic heterocycles. The Morgan fingerprint density at radius 2 is 2.44 bits per heavy atom. The van der Waals surface area contributed by atoms with Crippen molar-refractivity contribution in [3.8, 4) is 0 Å². The fourth-order valence-electron chi connectivity index (χ4n) is 1.64. The molecule has 0 radical (unpaired) electrons. The summed E-state index contributed by atoms with van der Waals surface area (Å²) in [6.07, 6.45) is 4.78. The van der Waals surface area contributed by atoms with E-state index in [4.69, 9.17) is 9.47 Å². The molecule has 1 saturated heterocycles. The van der Waals surface area contributed by atoms with Crippen LogP contribution in [-0.4, -0.2) is 43.4 Å². The summed E-state index contributed by atoms with van der Waals surface area (Å²) in [6, 6.07) is 0. The van der Waals surface area contributed by atoms with Gasteiger partial charge in [-0.05, 0) is 6.42 Å². The van der Waals surface area contributed by atoms with Gasteiger partial charge in [-0.15, -0.1) is 6.58 Å². The van der Waals surface area contributed by atoms with E-state index in [1.54, 1.807) is 11.0 Å². The zero-order valence-corrected chi connectivity index (χ0v) is 9.98. The Morgan fingerprint density at radius 3 is 3.12 bits per heavy atom. The maximum absolute atomic E-state index is 11.3. The number of nitrogens with zero attached hydrogens (tertiary/aromatic N) is 1. The van der Waals surface area contributed by atoms with Gasteiger partial charge in [0.15, 0.2) is 0 Å². The van der Waals surface area contributed by atoms with Crippen LogP contribution in [0.3, 0.4) is 0 Å². The van der Waals surface area contributed by atoms with Gasteiger partial charge >= 0.3 is 6.09 Å². The second-order valence-corrected chi connectivity index (χ2v) is 3.98. The van der Waals surface area contributed by atoms with Gasteiger partial charge in [-0.2, -0.15) is 0 Å². The summed E-state index contributed by atoms with van der Waals surface area (Å²) in [6.45, 7) is 8.17. The Bertz CT molecular complexity index is 230. The summed E-state index contributed by atoms with van der Waals surface area (Å²) in [4.78, 5) is 12.9. The molecule has 0 aromatic rings. The van der Waals surface area contributed by atoms with Crippen LogP contribution in [0.1, 0.15) is 26.2 Å². The van der Waals surface area contributed by atoms with E-state index in [0.29, 0.717) is 19.7 Å². The number of amides is 1. The molecule has 0 aromatic heterocycles. The summed E-state index contributed by atoms with van der Waals surface area (Å²) in [5.41, 5.74) is 0. The molecule has 16 heavy (non-hydrogen) atoms. The van der Waals surface area contributed by atoms with Crippen molar-refractivity contribution in [3.63, 3.8) is 0 Å². The summed E-state index contributed by atoms with van der Waals surface area (Å²) >= 11 is 0. The van der Waals surface area contributed by atoms with Crippen molar-refractivity contribution in [1.82, 2.24) is 4.90 Å². The zero-order chi connectivity index (χ0) is 11.8. The lowest BCUT2D eigenvalue weighted by atomic mass is 10.3. The van der Waals surface area contributed by atoms with Crippen molar-refractivity contribution in [2.45, 2.75) is 32.3 Å². The third-order valence-electron chi connectivity index (χ3n) is 2.50. The van der Waals surface area contributed by atoms with Gasteiger partial charge in [0.05, 0.1) is 13.2 Å². The molecule has 0 bridgehead atoms. The fourth-order valence-corrected chi connectivity index (χ4v) is 1.64. The second kappa shape index (κ2) is 7.28. The van der Waals surface area contributed by atoms with E-state index in [1.165, 1.54) is 12.8 Å². The lowest BCUT2D eigenvalue weighted by Gasteiger charge is -2.09. The largest absolute Gasteiger partial charge is 0.442 e. The van der Waals surface area contributed by atoms with E-state index in [1.807, 2.05) is 0 Å². The molecule has 92 valence electrons. The number of carbonyl (C=O) groups excluding carboxylic acids is 1. The van der Waals surface area contributed by atoms with Gasteiger partial charge in [-0.1, -0.05) is 25.8 Å². The SMILES string of the molecule is C=CCN1C[C@H](COCCCCC)OC1=O. The van der Waals surface area contributed by atoms with E-state index in [2.05, 4.69) is 13.5 Å². The molecule has 1 heterocycles. The van der Waals surface area contributed by atoms with Gasteiger partial charge in [-0.25, -0.2) is 4.79 Å². The molecule has 1 rings (SSSR count). The highest BCUT2D eigenvalue weighted by molar-refractivity contribution is 5.70. The highest BCUT2D eigenvalue weighted by Crippen LogP contribution is 2.11. The summed E-state index contributed by atoms with van der Waals surface area (Å²) in [5, 5.41) is 0. The Morgan fingerprint density at radius 1 is 1.62 bits per heavy atom. The molecule has 0 unspecified atom stereocenters. The van der Waals surface area contributed by atoms with Gasteiger partial charge in [0.25, 0.3) is 0 Å². The number of ether oxygens (including phenoxy) is 2. The van der Waals surface area contributed by atoms with Crippen LogP contribution in [0.4, 0.5) is 4.79 Å². The van der Waals surface area contributed by atoms with Gasteiger partial charge in [0.2, 0.25) is 0 Å². The van der Waals surface area contributed by atoms with Crippen molar-refractivity contribution < 1.29 is 14.3 Å². The van der Waals surface area contributed by atoms with Crippen LogP contribution in [0.15, 0.2) is 12.7 Å². The van der Waals surface area contributed by atoms with Crippen molar-refractivity contribution in [1.29, 1.82) is 0 Å². The van der Waals surface area contributed by atoms with Gasteiger partial charge in [0, 0.05) is 13.2 Å². The molecule has 1 fully saturated rings. The number of cyclic esters (lactones) is 1. The first kappa shape index (κ1) is 13.0. The van der Waals surface area contributed by atoms with E-state index in [9.17, 15) is 4.79 Å². The molecule has 0 N–H and O–H groups in total. The molecule has 0 spiro atoms. The average molecular weight is 227 g/mol. The summed E-state index contributed by atoms with van der Waals surface area (Å²) in [7, 11) is 0. The quantitative estimate of drug-likeness (QED) is 0.471. The van der Waals surface area contributed by atoms with E-state index >= 15 is 0 Å². The van der Waals surface area contributed by atoms with Crippen LogP contribution in [0.25, 0.3) is 0 Å². The fraction of sp³-hybridized carbons (Fsp3) is 0.750. The van der Waals surface area contributed by atoms with Crippen molar-refractivity contribution in [2.24, 2.45) is 0 Å². The zero-order valence-electron chi connectivity index (χ0n) is 9.98. The number of carbonyl (C=O) groups is 1. The van der Waals surface area contributed by atoms with Crippen LogP contribution in [0.2, 0.25) is 0 Å². The highest BCUT2D eigenvalue weighted by atomic mass is 16.6. The highest BCUT2D eigenvalue weighted by Gasteiger charge is 2.30. The summed E-state index contributed by atoms with van der Waals surface area (Å²) in [5.74, 6) is 0. The minimum Gasteiger partial charge on any atom is -0.442 e. The molecule has 4 nitrogen and oxygen atoms in total. The Kier molecular flexibility index (Phi) is 5.93. The predicted molar refractivity (Wildman–Crippen MR) is 62.4 cm³/mol. The third-order valence-corrected chi connectivity index (χ3v) is 2.50. The maximum Gasteiger partial charge on any atom is 0.410 e. The number of rotatable bonds is 8. The Hall–Kier alpha value is -1.03. The van der Waals surface area contributed by atoms with Gasteiger partial charge in [0.1, 0.15) is 6.10 Å². The van der Waals surface area contributed by atoms with Crippen molar-refractivity contribution >= 4 is 6.09 Å². The predicted octanol–water partition coefficient (Wildman–Crippen LogP) is 2.20. The molecule has 0 aliphatic carbocycles. The van der Waals surface area contributed by atoms with E-state index < -0.39 is 0 Å². The second-order valence-electron chi connectivity index (χ2n) is 3.98. The normalized spacial score (nSPS) is 19.9. The lowest BCUT2D eigenvalue weighted by Crippen LogP contribution is -2.26. The van der Waals surface area contributed by atoms with Crippen LogP contribution in [-0.2, 0) is 9.47 Å². The van der Waals surface area contributed by atoms with Crippen molar-refractivity contribution in [2.75, 3.05) is 26.3 Å².